The molecule has 3 heterocycles. The molecule has 5 atom stereocenters. The van der Waals surface area contributed by atoms with E-state index in [4.69, 9.17) is 19.5 Å². The monoisotopic (exact) mass is 452 g/mol. The molecule has 0 saturated carbocycles. The first-order chi connectivity index (χ1) is 15.0. The third-order valence-electron chi connectivity index (χ3n) is 6.94. The Bertz CT molecular complexity index is 1010. The van der Waals surface area contributed by atoms with Crippen molar-refractivity contribution in [2.24, 2.45) is 17.8 Å². The van der Waals surface area contributed by atoms with Gasteiger partial charge in [-0.1, -0.05) is 0 Å². The highest BCUT2D eigenvalue weighted by atomic mass is 19.4. The van der Waals surface area contributed by atoms with E-state index in [-0.39, 0.29) is 11.6 Å². The Balaban J connectivity index is 1.66. The fourth-order valence-corrected chi connectivity index (χ4v) is 5.54. The van der Waals surface area contributed by atoms with Gasteiger partial charge in [0, 0.05) is 13.0 Å². The molecule has 0 spiro atoms. The van der Waals surface area contributed by atoms with Crippen molar-refractivity contribution < 1.29 is 37.0 Å². The number of hydrogen-bond acceptors (Lipinski definition) is 6. The summed E-state index contributed by atoms with van der Waals surface area (Å²) in [6.45, 7) is 4.63. The van der Waals surface area contributed by atoms with Gasteiger partial charge < -0.3 is 14.2 Å². The summed E-state index contributed by atoms with van der Waals surface area (Å²) in [4.78, 5) is 27.5. The minimum atomic E-state index is -4.80. The predicted molar refractivity (Wildman–Crippen MR) is 104 cm³/mol. The second-order valence-corrected chi connectivity index (χ2v) is 8.87. The van der Waals surface area contributed by atoms with Crippen LogP contribution in [0.5, 0.6) is 0 Å². The highest BCUT2D eigenvalue weighted by Crippen LogP contribution is 2.63. The fraction of sp³-hybridized carbons (Fsp3) is 0.591. The largest absolute Gasteiger partial charge is 0.417 e. The summed E-state index contributed by atoms with van der Waals surface area (Å²) >= 11 is 0. The Hall–Kier alpha value is -2.48. The molecule has 7 nitrogen and oxygen atoms in total. The third-order valence-corrected chi connectivity index (χ3v) is 6.94. The third kappa shape index (κ3) is 3.22. The number of carbonyl (C=O) groups is 2. The van der Waals surface area contributed by atoms with Gasteiger partial charge in [-0.15, -0.1) is 0 Å². The second kappa shape index (κ2) is 7.54. The Kier molecular flexibility index (Phi) is 5.35. The number of nitrogens with zero attached hydrogens (tertiary/aromatic N) is 2. The summed E-state index contributed by atoms with van der Waals surface area (Å²) in [6, 6.07) is 4.37. The molecule has 3 aliphatic heterocycles. The lowest BCUT2D eigenvalue weighted by molar-refractivity contribution is -0.138. The van der Waals surface area contributed by atoms with Gasteiger partial charge in [-0.05, 0) is 38.5 Å². The van der Waals surface area contributed by atoms with E-state index in [1.165, 1.54) is 12.1 Å². The van der Waals surface area contributed by atoms with Crippen molar-refractivity contribution in [3.8, 4) is 6.07 Å². The van der Waals surface area contributed by atoms with Crippen molar-refractivity contribution in [1.82, 2.24) is 0 Å². The quantitative estimate of drug-likeness (QED) is 0.487. The van der Waals surface area contributed by atoms with E-state index >= 15 is 0 Å². The van der Waals surface area contributed by atoms with Crippen LogP contribution < -0.4 is 4.90 Å². The van der Waals surface area contributed by atoms with Crippen molar-refractivity contribution in [3.63, 3.8) is 0 Å². The van der Waals surface area contributed by atoms with Gasteiger partial charge in [0.1, 0.15) is 0 Å². The van der Waals surface area contributed by atoms with Crippen molar-refractivity contribution in [2.45, 2.75) is 37.6 Å². The summed E-state index contributed by atoms with van der Waals surface area (Å²) in [6.07, 6.45) is -4.31. The molecule has 2 amide bonds. The van der Waals surface area contributed by atoms with Crippen molar-refractivity contribution in [1.29, 1.82) is 5.26 Å². The number of benzene rings is 1. The van der Waals surface area contributed by atoms with Gasteiger partial charge in [-0.3, -0.25) is 9.59 Å². The predicted octanol–water partition coefficient (Wildman–Crippen LogP) is 2.91. The highest BCUT2D eigenvalue weighted by Gasteiger charge is 2.75. The maximum atomic E-state index is 13.4. The van der Waals surface area contributed by atoms with Crippen LogP contribution in [0.2, 0.25) is 0 Å². The Morgan fingerprint density at radius 1 is 1.22 bits per heavy atom. The van der Waals surface area contributed by atoms with Gasteiger partial charge in [-0.25, -0.2) is 4.90 Å². The van der Waals surface area contributed by atoms with Gasteiger partial charge in [0.2, 0.25) is 11.8 Å². The van der Waals surface area contributed by atoms with E-state index in [0.29, 0.717) is 32.3 Å². The van der Waals surface area contributed by atoms with Crippen LogP contribution in [0.1, 0.15) is 31.4 Å². The number of carbonyl (C=O) groups excluding carboxylic acids is 2. The van der Waals surface area contributed by atoms with E-state index in [1.54, 1.807) is 21.0 Å². The van der Waals surface area contributed by atoms with E-state index in [0.717, 1.165) is 11.0 Å². The summed E-state index contributed by atoms with van der Waals surface area (Å²) in [5.74, 6) is -2.95. The molecule has 0 aliphatic carbocycles. The second-order valence-electron chi connectivity index (χ2n) is 8.87. The number of ether oxygens (including phenoxy) is 3. The van der Waals surface area contributed by atoms with Gasteiger partial charge in [0.05, 0.1) is 65.7 Å². The zero-order valence-corrected chi connectivity index (χ0v) is 17.9. The fourth-order valence-electron chi connectivity index (χ4n) is 5.54. The van der Waals surface area contributed by atoms with E-state index in [9.17, 15) is 22.8 Å². The van der Waals surface area contributed by atoms with Gasteiger partial charge >= 0.3 is 6.18 Å². The number of fused-ring (bicyclic) bond motifs is 5. The zero-order valence-electron chi connectivity index (χ0n) is 17.9. The molecule has 4 rings (SSSR count). The van der Waals surface area contributed by atoms with Crippen molar-refractivity contribution in [2.75, 3.05) is 31.8 Å². The molecule has 0 unspecified atom stereocenters. The molecule has 3 fully saturated rings. The molecule has 10 heteroatoms. The smallest absolute Gasteiger partial charge is 0.382 e. The standard InChI is InChI=1S/C22H23F3N2O5/c1-20-9-13(11-31-7-6-30-3)21(2,32-20)17-16(20)18(28)27(19(17)29)14-5-4-12(10-26)15(8-14)22(23,24)25/h4-5,8,13,16-17H,6-7,9,11H2,1-3H3/t13-,16+,17-,20+,21-/m0/s1. The van der Waals surface area contributed by atoms with Crippen molar-refractivity contribution >= 4 is 17.5 Å². The number of halogens is 3. The molecule has 0 aromatic heterocycles. The van der Waals surface area contributed by atoms with Crippen LogP contribution >= 0.6 is 0 Å². The molecule has 3 aliphatic rings. The van der Waals surface area contributed by atoms with Crippen LogP contribution in [0.25, 0.3) is 0 Å². The molecule has 2 bridgehead atoms. The highest BCUT2D eigenvalue weighted by molar-refractivity contribution is 6.23. The number of methoxy groups -OCH3 is 1. The normalized spacial score (nSPS) is 33.7. The average Bonchev–Trinajstić information content (AvgIpc) is 3.25. The molecule has 3 saturated heterocycles. The number of rotatable bonds is 6. The first-order valence-electron chi connectivity index (χ1n) is 10.2. The van der Waals surface area contributed by atoms with E-state index in [2.05, 4.69) is 0 Å². The van der Waals surface area contributed by atoms with Gasteiger partial charge in [0.15, 0.2) is 0 Å². The molecular formula is C22H23F3N2O5. The number of amides is 2. The first-order valence-corrected chi connectivity index (χ1v) is 10.2. The molecule has 32 heavy (non-hydrogen) atoms. The SMILES string of the molecule is COCCOC[C@@H]1C[C@@]2(C)O[C@]1(C)[C@@H]1C(=O)N(c3ccc(C#N)c(C(F)(F)F)c3)C(=O)[C@@H]12. The average molecular weight is 452 g/mol. The summed E-state index contributed by atoms with van der Waals surface area (Å²) < 4.78 is 57.1. The van der Waals surface area contributed by atoms with Crippen LogP contribution in [-0.2, 0) is 30.0 Å². The maximum Gasteiger partial charge on any atom is 0.417 e. The molecular weight excluding hydrogens is 429 g/mol. The summed E-state index contributed by atoms with van der Waals surface area (Å²) in [5.41, 5.74) is -3.85. The van der Waals surface area contributed by atoms with E-state index in [1.807, 2.05) is 0 Å². The lowest BCUT2D eigenvalue weighted by Crippen LogP contribution is -2.47. The lowest BCUT2D eigenvalue weighted by atomic mass is 9.64. The topological polar surface area (TPSA) is 88.9 Å². The number of imide groups is 1. The minimum absolute atomic E-state index is 0.158. The van der Waals surface area contributed by atoms with Crippen LogP contribution in [0.15, 0.2) is 18.2 Å². The number of alkyl halides is 3. The van der Waals surface area contributed by atoms with Crippen LogP contribution in [-0.4, -0.2) is 49.9 Å². The number of hydrogen-bond donors (Lipinski definition) is 0. The summed E-state index contributed by atoms with van der Waals surface area (Å²) in [5, 5.41) is 9.02. The Morgan fingerprint density at radius 3 is 2.53 bits per heavy atom. The molecule has 1 aromatic rings. The lowest BCUT2D eigenvalue weighted by Gasteiger charge is -2.35. The van der Waals surface area contributed by atoms with Crippen molar-refractivity contribution in [3.05, 3.63) is 29.3 Å². The van der Waals surface area contributed by atoms with E-state index < -0.39 is 52.2 Å². The van der Waals surface area contributed by atoms with Crippen LogP contribution in [0.3, 0.4) is 0 Å². The van der Waals surface area contributed by atoms with Gasteiger partial charge in [0.25, 0.3) is 0 Å². The van der Waals surface area contributed by atoms with Crippen LogP contribution in [0, 0.1) is 29.1 Å². The molecule has 172 valence electrons. The van der Waals surface area contributed by atoms with Gasteiger partial charge in [-0.2, -0.15) is 18.4 Å². The van der Waals surface area contributed by atoms with Crippen LogP contribution in [0.4, 0.5) is 18.9 Å². The Labute approximate surface area is 183 Å². The summed E-state index contributed by atoms with van der Waals surface area (Å²) in [7, 11) is 1.56. The number of nitriles is 1. The maximum absolute atomic E-state index is 13.4. The minimum Gasteiger partial charge on any atom is -0.382 e. The Morgan fingerprint density at radius 2 is 1.91 bits per heavy atom. The molecule has 0 N–H and O–H groups in total. The first kappa shape index (κ1) is 22.7. The number of anilines is 1. The zero-order chi connectivity index (χ0) is 23.5. The molecule has 1 aromatic carbocycles. The molecule has 0 radical (unpaired) electrons.